The van der Waals surface area contributed by atoms with Gasteiger partial charge in [-0.25, -0.2) is 8.42 Å². The molecule has 0 aromatic carbocycles. The fourth-order valence-corrected chi connectivity index (χ4v) is 2.69. The highest BCUT2D eigenvalue weighted by Gasteiger charge is 2.24. The van der Waals surface area contributed by atoms with E-state index in [9.17, 15) is 8.42 Å². The molecule has 0 unspecified atom stereocenters. The Labute approximate surface area is 126 Å². The van der Waals surface area contributed by atoms with Crippen molar-refractivity contribution in [3.05, 3.63) is 23.9 Å². The molecule has 0 radical (unpaired) electrons. The third kappa shape index (κ3) is 3.37. The Balaban J connectivity index is 2.58. The quantitative estimate of drug-likeness (QED) is 0.794. The summed E-state index contributed by atoms with van der Waals surface area (Å²) in [5.41, 5.74) is 0.826. The zero-order valence-corrected chi connectivity index (χ0v) is 12.9. The summed E-state index contributed by atoms with van der Waals surface area (Å²) in [4.78, 5) is 4.10. The van der Waals surface area contributed by atoms with Crippen molar-refractivity contribution in [1.82, 2.24) is 19.7 Å². The first-order chi connectivity index (χ1) is 9.82. The van der Waals surface area contributed by atoms with Crippen molar-refractivity contribution in [1.29, 1.82) is 5.26 Å². The van der Waals surface area contributed by atoms with E-state index in [-0.39, 0.29) is 11.1 Å². The minimum atomic E-state index is -4.00. The van der Waals surface area contributed by atoms with E-state index < -0.39 is 9.05 Å². The van der Waals surface area contributed by atoms with E-state index in [2.05, 4.69) is 15.2 Å². The lowest BCUT2D eigenvalue weighted by molar-refractivity contribution is 0.488. The Kier molecular flexibility index (Phi) is 4.25. The average molecular weight is 326 g/mol. The molecular weight excluding hydrogens is 314 g/mol. The summed E-state index contributed by atoms with van der Waals surface area (Å²) in [6.45, 7) is 4.24. The molecule has 2 aromatic rings. The van der Waals surface area contributed by atoms with Gasteiger partial charge in [0.1, 0.15) is 11.8 Å². The van der Waals surface area contributed by atoms with E-state index in [1.54, 1.807) is 12.1 Å². The highest BCUT2D eigenvalue weighted by atomic mass is 35.7. The molecule has 2 rings (SSSR count). The highest BCUT2D eigenvalue weighted by Crippen LogP contribution is 2.22. The molecule has 0 bridgehead atoms. The molecule has 0 amide bonds. The van der Waals surface area contributed by atoms with Crippen LogP contribution < -0.4 is 0 Å². The van der Waals surface area contributed by atoms with Crippen LogP contribution in [0, 0.1) is 17.2 Å². The van der Waals surface area contributed by atoms with Crippen molar-refractivity contribution in [3.8, 4) is 17.6 Å². The molecule has 21 heavy (non-hydrogen) atoms. The van der Waals surface area contributed by atoms with Gasteiger partial charge in [0, 0.05) is 23.4 Å². The van der Waals surface area contributed by atoms with E-state index >= 15 is 0 Å². The van der Waals surface area contributed by atoms with Gasteiger partial charge in [-0.15, -0.1) is 10.2 Å². The summed E-state index contributed by atoms with van der Waals surface area (Å²) in [6.07, 6.45) is 1.39. The lowest BCUT2D eigenvalue weighted by Crippen LogP contribution is -2.12. The summed E-state index contributed by atoms with van der Waals surface area (Å²) in [5, 5.41) is 16.0. The predicted molar refractivity (Wildman–Crippen MR) is 75.8 cm³/mol. The van der Waals surface area contributed by atoms with E-state index in [4.69, 9.17) is 15.9 Å². The van der Waals surface area contributed by atoms with Gasteiger partial charge < -0.3 is 0 Å². The number of nitriles is 1. The Morgan fingerprint density at radius 3 is 2.57 bits per heavy atom. The van der Waals surface area contributed by atoms with E-state index in [0.29, 0.717) is 23.6 Å². The number of halogens is 1. The van der Waals surface area contributed by atoms with E-state index in [0.717, 1.165) is 0 Å². The highest BCUT2D eigenvalue weighted by molar-refractivity contribution is 8.13. The predicted octanol–water partition coefficient (Wildman–Crippen LogP) is 1.80. The molecule has 2 aromatic heterocycles. The Morgan fingerprint density at radius 1 is 1.38 bits per heavy atom. The molecule has 0 atom stereocenters. The molecule has 0 N–H and O–H groups in total. The summed E-state index contributed by atoms with van der Waals surface area (Å²) in [6, 6.07) is 5.12. The zero-order chi connectivity index (χ0) is 15.6. The first-order valence-corrected chi connectivity index (χ1v) is 8.38. The molecule has 0 aliphatic carbocycles. The van der Waals surface area contributed by atoms with Gasteiger partial charge in [0.15, 0.2) is 5.82 Å². The van der Waals surface area contributed by atoms with Crippen LogP contribution in [0.25, 0.3) is 11.5 Å². The van der Waals surface area contributed by atoms with Gasteiger partial charge in [0.05, 0.1) is 5.56 Å². The van der Waals surface area contributed by atoms with Crippen LogP contribution in [0.3, 0.4) is 0 Å². The van der Waals surface area contributed by atoms with Crippen molar-refractivity contribution in [2.24, 2.45) is 5.92 Å². The van der Waals surface area contributed by atoms with Gasteiger partial charge in [-0.2, -0.15) is 5.26 Å². The summed E-state index contributed by atoms with van der Waals surface area (Å²) >= 11 is 0. The Bertz CT molecular complexity index is 790. The number of hydrogen-bond acceptors (Lipinski definition) is 6. The van der Waals surface area contributed by atoms with Crippen LogP contribution in [0.5, 0.6) is 0 Å². The van der Waals surface area contributed by atoms with Crippen LogP contribution in [0.1, 0.15) is 19.4 Å². The van der Waals surface area contributed by atoms with E-state index in [1.807, 2.05) is 19.9 Å². The minimum absolute atomic E-state index is 0.162. The molecule has 0 saturated heterocycles. The zero-order valence-electron chi connectivity index (χ0n) is 11.4. The first kappa shape index (κ1) is 15.4. The molecule has 0 fully saturated rings. The lowest BCUT2D eigenvalue weighted by atomic mass is 10.2. The van der Waals surface area contributed by atoms with Gasteiger partial charge in [-0.05, 0) is 18.1 Å². The smallest absolute Gasteiger partial charge is 0.295 e. The molecule has 0 saturated carbocycles. The van der Waals surface area contributed by atoms with Crippen molar-refractivity contribution in [2.45, 2.75) is 25.5 Å². The summed E-state index contributed by atoms with van der Waals surface area (Å²) in [7, 11) is 1.38. The second-order valence-electron chi connectivity index (χ2n) is 4.79. The minimum Gasteiger partial charge on any atom is -0.295 e. The second-order valence-corrected chi connectivity index (χ2v) is 7.25. The first-order valence-electron chi connectivity index (χ1n) is 6.07. The van der Waals surface area contributed by atoms with Gasteiger partial charge in [0.25, 0.3) is 14.2 Å². The van der Waals surface area contributed by atoms with Crippen LogP contribution in [-0.2, 0) is 15.6 Å². The molecule has 110 valence electrons. The molecule has 0 aliphatic heterocycles. The maximum absolute atomic E-state index is 11.6. The summed E-state index contributed by atoms with van der Waals surface area (Å²) < 4.78 is 24.5. The van der Waals surface area contributed by atoms with Crippen LogP contribution in [-0.4, -0.2) is 28.2 Å². The number of rotatable bonds is 4. The largest absolute Gasteiger partial charge is 0.296 e. The number of aromatic nitrogens is 4. The van der Waals surface area contributed by atoms with Crippen molar-refractivity contribution < 1.29 is 8.42 Å². The standard InChI is InChI=1S/C12H12ClN5O2S/c1-8(2)7-18-11(16-17-12(18)21(13,19)20)10-4-3-9(5-14)6-15-10/h3-4,6,8H,7H2,1-2H3. The van der Waals surface area contributed by atoms with Gasteiger partial charge in [0.2, 0.25) is 0 Å². The normalized spacial score (nSPS) is 11.6. The van der Waals surface area contributed by atoms with Gasteiger partial charge >= 0.3 is 0 Å². The Morgan fingerprint density at radius 2 is 2.10 bits per heavy atom. The molecule has 0 spiro atoms. The number of pyridine rings is 1. The SMILES string of the molecule is CC(C)Cn1c(-c2ccc(C#N)cn2)nnc1S(=O)(=O)Cl. The third-order valence-corrected chi connectivity index (χ3v) is 3.76. The molecule has 7 nitrogen and oxygen atoms in total. The van der Waals surface area contributed by atoms with Crippen LogP contribution in [0.15, 0.2) is 23.5 Å². The lowest BCUT2D eigenvalue weighted by Gasteiger charge is -2.10. The molecule has 0 aliphatic rings. The fourth-order valence-electron chi connectivity index (χ4n) is 1.78. The Hall–Kier alpha value is -1.98. The number of hydrogen-bond donors (Lipinski definition) is 0. The third-order valence-electron chi connectivity index (χ3n) is 2.60. The molecule has 2 heterocycles. The van der Waals surface area contributed by atoms with Gasteiger partial charge in [-0.1, -0.05) is 13.8 Å². The van der Waals surface area contributed by atoms with Crippen LogP contribution in [0.2, 0.25) is 0 Å². The van der Waals surface area contributed by atoms with E-state index in [1.165, 1.54) is 10.8 Å². The molecular formula is C12H12ClN5O2S. The topological polar surface area (TPSA) is 102 Å². The average Bonchev–Trinajstić information content (AvgIpc) is 2.81. The van der Waals surface area contributed by atoms with Crippen LogP contribution >= 0.6 is 10.7 Å². The fraction of sp³-hybridized carbons (Fsp3) is 0.333. The van der Waals surface area contributed by atoms with Crippen molar-refractivity contribution >= 4 is 19.7 Å². The summed E-state index contributed by atoms with van der Waals surface area (Å²) in [5.74, 6) is 0.461. The van der Waals surface area contributed by atoms with Gasteiger partial charge in [-0.3, -0.25) is 9.55 Å². The molecule has 9 heteroatoms. The second kappa shape index (κ2) is 5.79. The monoisotopic (exact) mass is 325 g/mol. The van der Waals surface area contributed by atoms with Crippen molar-refractivity contribution in [2.75, 3.05) is 0 Å². The van der Waals surface area contributed by atoms with Crippen LogP contribution in [0.4, 0.5) is 0 Å². The maximum atomic E-state index is 11.6. The number of nitrogens with zero attached hydrogens (tertiary/aromatic N) is 5. The van der Waals surface area contributed by atoms with Crippen molar-refractivity contribution in [3.63, 3.8) is 0 Å². The maximum Gasteiger partial charge on any atom is 0.296 e.